The molecule has 0 unspecified atom stereocenters. The van der Waals surface area contributed by atoms with Crippen LogP contribution in [0.1, 0.15) is 19.4 Å². The summed E-state index contributed by atoms with van der Waals surface area (Å²) in [5.74, 6) is 0.467. The van der Waals surface area contributed by atoms with Gasteiger partial charge in [0.15, 0.2) is 0 Å². The Labute approximate surface area is 108 Å². The van der Waals surface area contributed by atoms with Gasteiger partial charge in [-0.3, -0.25) is 0 Å². The van der Waals surface area contributed by atoms with Gasteiger partial charge in [0.25, 0.3) is 10.2 Å². The van der Waals surface area contributed by atoms with Crippen molar-refractivity contribution < 1.29 is 13.2 Å². The first-order chi connectivity index (χ1) is 8.53. The van der Waals surface area contributed by atoms with Gasteiger partial charge in [-0.2, -0.15) is 17.4 Å². The maximum atomic E-state index is 11.9. The number of hydrogen-bond acceptors (Lipinski definition) is 4. The molecule has 0 radical (unpaired) electrons. The lowest BCUT2D eigenvalue weighted by Gasteiger charge is -2.18. The van der Waals surface area contributed by atoms with Crippen molar-refractivity contribution in [2.24, 2.45) is 0 Å². The van der Waals surface area contributed by atoms with E-state index in [1.807, 2.05) is 0 Å². The van der Waals surface area contributed by atoms with E-state index in [1.54, 1.807) is 32.2 Å². The topological polar surface area (TPSA) is 71.5 Å². The summed E-state index contributed by atoms with van der Waals surface area (Å²) in [5, 5.41) is 0. The highest BCUT2D eigenvalue weighted by Gasteiger charge is 2.17. The van der Waals surface area contributed by atoms with E-state index in [9.17, 15) is 8.42 Å². The van der Waals surface area contributed by atoms with Crippen LogP contribution in [0.25, 0.3) is 0 Å². The molecule has 0 aromatic carbocycles. The Kier molecular flexibility index (Phi) is 5.52. The first-order valence-electron chi connectivity index (χ1n) is 5.77. The van der Waals surface area contributed by atoms with Crippen molar-refractivity contribution in [3.05, 3.63) is 23.9 Å². The highest BCUT2D eigenvalue weighted by molar-refractivity contribution is 7.87. The van der Waals surface area contributed by atoms with E-state index in [-0.39, 0.29) is 6.54 Å². The zero-order valence-electron chi connectivity index (χ0n) is 10.9. The molecule has 1 rings (SSSR count). The van der Waals surface area contributed by atoms with Crippen molar-refractivity contribution in [3.63, 3.8) is 0 Å². The zero-order chi connectivity index (χ0) is 13.6. The van der Waals surface area contributed by atoms with Crippen LogP contribution < -0.4 is 9.46 Å². The van der Waals surface area contributed by atoms with Crippen LogP contribution in [0, 0.1) is 0 Å². The molecule has 0 aliphatic carbocycles. The maximum absolute atomic E-state index is 11.9. The molecular formula is C11H19N3O3S. The summed E-state index contributed by atoms with van der Waals surface area (Å²) in [6.45, 7) is 4.73. The second-order valence-corrected chi connectivity index (χ2v) is 5.37. The van der Waals surface area contributed by atoms with Gasteiger partial charge in [-0.1, -0.05) is 13.8 Å². The van der Waals surface area contributed by atoms with Crippen LogP contribution >= 0.6 is 0 Å². The molecule has 0 aliphatic heterocycles. The summed E-state index contributed by atoms with van der Waals surface area (Å²) < 4.78 is 32.7. The van der Waals surface area contributed by atoms with Gasteiger partial charge in [-0.05, 0) is 11.6 Å². The molecule has 0 atom stereocenters. The number of hydrogen-bond donors (Lipinski definition) is 1. The van der Waals surface area contributed by atoms with E-state index < -0.39 is 10.2 Å². The fourth-order valence-electron chi connectivity index (χ4n) is 1.50. The number of nitrogens with one attached hydrogen (secondary N) is 1. The number of nitrogens with zero attached hydrogens (tertiary/aromatic N) is 2. The van der Waals surface area contributed by atoms with E-state index in [2.05, 4.69) is 9.71 Å². The Balaban J connectivity index is 2.69. The molecule has 1 aromatic rings. The lowest BCUT2D eigenvalue weighted by molar-refractivity contribution is 0.397. The van der Waals surface area contributed by atoms with Gasteiger partial charge in [0, 0.05) is 31.9 Å². The van der Waals surface area contributed by atoms with Crippen LogP contribution in [0.5, 0.6) is 5.88 Å². The molecular weight excluding hydrogens is 254 g/mol. The van der Waals surface area contributed by atoms with Crippen LogP contribution in [0.3, 0.4) is 0 Å². The van der Waals surface area contributed by atoms with E-state index in [0.29, 0.717) is 19.0 Å². The molecule has 0 fully saturated rings. The predicted octanol–water partition coefficient (Wildman–Crippen LogP) is 0.766. The molecule has 0 amide bonds. The Morgan fingerprint density at radius 2 is 2.06 bits per heavy atom. The van der Waals surface area contributed by atoms with E-state index in [1.165, 1.54) is 11.4 Å². The highest BCUT2D eigenvalue weighted by atomic mass is 32.2. The Hall–Kier alpha value is -1.18. The SMILES string of the molecule is CCN(CC)S(=O)(=O)NCc1ccnc(OC)c1. The minimum Gasteiger partial charge on any atom is -0.481 e. The van der Waals surface area contributed by atoms with Crippen molar-refractivity contribution in [2.45, 2.75) is 20.4 Å². The summed E-state index contributed by atoms with van der Waals surface area (Å²) in [5.41, 5.74) is 0.803. The molecule has 7 heteroatoms. The van der Waals surface area contributed by atoms with Crippen molar-refractivity contribution in [2.75, 3.05) is 20.2 Å². The van der Waals surface area contributed by atoms with Crippen LogP contribution in [0.2, 0.25) is 0 Å². The van der Waals surface area contributed by atoms with Crippen molar-refractivity contribution in [1.82, 2.24) is 14.0 Å². The molecule has 18 heavy (non-hydrogen) atoms. The minimum atomic E-state index is -3.42. The minimum absolute atomic E-state index is 0.220. The van der Waals surface area contributed by atoms with Crippen molar-refractivity contribution in [3.8, 4) is 5.88 Å². The largest absolute Gasteiger partial charge is 0.481 e. The van der Waals surface area contributed by atoms with E-state index >= 15 is 0 Å². The smallest absolute Gasteiger partial charge is 0.279 e. The molecule has 102 valence electrons. The van der Waals surface area contributed by atoms with Gasteiger partial charge in [-0.25, -0.2) is 4.98 Å². The van der Waals surface area contributed by atoms with Crippen molar-refractivity contribution in [1.29, 1.82) is 0 Å². The van der Waals surface area contributed by atoms with Gasteiger partial charge in [0.2, 0.25) is 5.88 Å². The third-order valence-corrected chi connectivity index (χ3v) is 4.22. The number of rotatable bonds is 7. The van der Waals surface area contributed by atoms with Crippen LogP contribution in [0.4, 0.5) is 0 Å². The average molecular weight is 273 g/mol. The summed E-state index contributed by atoms with van der Waals surface area (Å²) in [7, 11) is -1.90. The lowest BCUT2D eigenvalue weighted by atomic mass is 10.3. The lowest BCUT2D eigenvalue weighted by Crippen LogP contribution is -2.40. The quantitative estimate of drug-likeness (QED) is 0.796. The fraction of sp³-hybridized carbons (Fsp3) is 0.545. The Morgan fingerprint density at radius 1 is 1.39 bits per heavy atom. The molecule has 1 aromatic heterocycles. The first-order valence-corrected chi connectivity index (χ1v) is 7.21. The van der Waals surface area contributed by atoms with Gasteiger partial charge in [0.1, 0.15) is 0 Å². The molecule has 0 spiro atoms. The van der Waals surface area contributed by atoms with Gasteiger partial charge < -0.3 is 4.74 Å². The monoisotopic (exact) mass is 273 g/mol. The molecule has 0 saturated heterocycles. The Morgan fingerprint density at radius 3 is 2.61 bits per heavy atom. The predicted molar refractivity (Wildman–Crippen MR) is 69.5 cm³/mol. The van der Waals surface area contributed by atoms with Crippen LogP contribution in [-0.4, -0.2) is 37.9 Å². The van der Waals surface area contributed by atoms with Crippen molar-refractivity contribution >= 4 is 10.2 Å². The highest BCUT2D eigenvalue weighted by Crippen LogP contribution is 2.09. The normalized spacial score (nSPS) is 11.8. The second kappa shape index (κ2) is 6.67. The first kappa shape index (κ1) is 14.9. The molecule has 0 aliphatic rings. The zero-order valence-corrected chi connectivity index (χ0v) is 11.7. The summed E-state index contributed by atoms with van der Waals surface area (Å²) >= 11 is 0. The summed E-state index contributed by atoms with van der Waals surface area (Å²) in [6, 6.07) is 3.44. The summed E-state index contributed by atoms with van der Waals surface area (Å²) in [6.07, 6.45) is 1.58. The maximum Gasteiger partial charge on any atom is 0.279 e. The Bertz CT molecular complexity index is 472. The number of ether oxygens (including phenoxy) is 1. The number of methoxy groups -OCH3 is 1. The number of pyridine rings is 1. The molecule has 0 bridgehead atoms. The second-order valence-electron chi connectivity index (χ2n) is 3.62. The molecule has 0 saturated carbocycles. The van der Waals surface area contributed by atoms with Gasteiger partial charge in [0.05, 0.1) is 7.11 Å². The van der Waals surface area contributed by atoms with E-state index in [0.717, 1.165) is 5.56 Å². The number of aromatic nitrogens is 1. The molecule has 1 N–H and O–H groups in total. The van der Waals surface area contributed by atoms with Crippen LogP contribution in [-0.2, 0) is 16.8 Å². The van der Waals surface area contributed by atoms with Gasteiger partial charge in [-0.15, -0.1) is 0 Å². The third-order valence-electron chi connectivity index (χ3n) is 2.51. The molecule has 1 heterocycles. The van der Waals surface area contributed by atoms with E-state index in [4.69, 9.17) is 4.74 Å². The third kappa shape index (κ3) is 3.94. The molecule has 6 nitrogen and oxygen atoms in total. The average Bonchev–Trinajstić information content (AvgIpc) is 2.38. The standard InChI is InChI=1S/C11H19N3O3S/c1-4-14(5-2)18(15,16)13-9-10-6-7-12-11(8-10)17-3/h6-8,13H,4-5,9H2,1-3H3. The van der Waals surface area contributed by atoms with Crippen LogP contribution in [0.15, 0.2) is 18.3 Å². The van der Waals surface area contributed by atoms with Gasteiger partial charge >= 0.3 is 0 Å². The fourth-order valence-corrected chi connectivity index (χ4v) is 2.71. The summed E-state index contributed by atoms with van der Waals surface area (Å²) in [4.78, 5) is 3.96.